The number of hydrogen-bond donors (Lipinski definition) is 2. The van der Waals surface area contributed by atoms with Gasteiger partial charge in [-0.1, -0.05) is 6.08 Å². The van der Waals surface area contributed by atoms with E-state index >= 15 is 0 Å². The molecule has 0 aromatic carbocycles. The number of carboxylic acid groups (broad SMARTS) is 1. The maximum Gasteiger partial charge on any atom is 0.347 e. The van der Waals surface area contributed by atoms with Crippen molar-refractivity contribution < 1.29 is 9.90 Å². The molecule has 4 nitrogen and oxygen atoms in total. The lowest BCUT2D eigenvalue weighted by Crippen LogP contribution is -1.94. The quantitative estimate of drug-likeness (QED) is 0.762. The maximum atomic E-state index is 10.5. The molecule has 1 aromatic rings. The summed E-state index contributed by atoms with van der Waals surface area (Å²) in [7, 11) is 0. The molecule has 0 spiro atoms. The van der Waals surface area contributed by atoms with E-state index in [0.717, 1.165) is 17.8 Å². The number of carboxylic acids is 1. The van der Waals surface area contributed by atoms with Gasteiger partial charge in [0.2, 0.25) is 0 Å². The molecule has 0 radical (unpaired) electrons. The van der Waals surface area contributed by atoms with Crippen LogP contribution in [-0.4, -0.2) is 22.6 Å². The highest BCUT2D eigenvalue weighted by Gasteiger charge is 2.05. The Hall–Kier alpha value is -1.20. The van der Waals surface area contributed by atoms with E-state index < -0.39 is 5.97 Å². The third-order valence-corrected chi connectivity index (χ3v) is 2.28. The molecule has 0 aliphatic heterocycles. The van der Waals surface area contributed by atoms with Gasteiger partial charge in [0, 0.05) is 0 Å². The van der Waals surface area contributed by atoms with Crippen LogP contribution in [0.3, 0.4) is 0 Å². The summed E-state index contributed by atoms with van der Waals surface area (Å²) in [4.78, 5) is 14.6. The van der Waals surface area contributed by atoms with Crippen molar-refractivity contribution in [1.82, 2.24) is 4.98 Å². The van der Waals surface area contributed by atoms with Crippen LogP contribution in [0.1, 0.15) is 21.1 Å². The Labute approximate surface area is 79.7 Å². The summed E-state index contributed by atoms with van der Waals surface area (Å²) in [6.45, 7) is 0.591. The van der Waals surface area contributed by atoms with Gasteiger partial charge < -0.3 is 10.8 Å². The first-order chi connectivity index (χ1) is 6.24. The molecule has 0 aliphatic carbocycles. The van der Waals surface area contributed by atoms with E-state index in [1.807, 2.05) is 6.08 Å². The van der Waals surface area contributed by atoms with E-state index in [1.165, 1.54) is 6.20 Å². The van der Waals surface area contributed by atoms with Gasteiger partial charge in [-0.3, -0.25) is 0 Å². The van der Waals surface area contributed by atoms with Gasteiger partial charge in [-0.2, -0.15) is 0 Å². The summed E-state index contributed by atoms with van der Waals surface area (Å²) in [6.07, 6.45) is 5.80. The Morgan fingerprint density at radius 2 is 2.54 bits per heavy atom. The van der Waals surface area contributed by atoms with Crippen molar-refractivity contribution in [2.45, 2.75) is 6.42 Å². The summed E-state index contributed by atoms with van der Waals surface area (Å²) in [5, 5.41) is 9.30. The predicted molar refractivity (Wildman–Crippen MR) is 51.8 cm³/mol. The van der Waals surface area contributed by atoms with Crippen LogP contribution in [0.2, 0.25) is 0 Å². The van der Waals surface area contributed by atoms with E-state index in [1.54, 1.807) is 6.08 Å². The topological polar surface area (TPSA) is 76.2 Å². The highest BCUT2D eigenvalue weighted by molar-refractivity contribution is 7.14. The fourth-order valence-corrected chi connectivity index (χ4v) is 1.43. The van der Waals surface area contributed by atoms with E-state index in [-0.39, 0.29) is 4.88 Å². The Morgan fingerprint density at radius 1 is 1.77 bits per heavy atom. The molecule has 0 saturated carbocycles. The zero-order valence-electron chi connectivity index (χ0n) is 6.93. The average molecular weight is 198 g/mol. The van der Waals surface area contributed by atoms with E-state index in [2.05, 4.69) is 4.98 Å². The molecule has 0 atom stereocenters. The minimum atomic E-state index is -0.934. The first kappa shape index (κ1) is 9.88. The average Bonchev–Trinajstić information content (AvgIpc) is 2.53. The normalized spacial score (nSPS) is 10.8. The molecule has 0 aliphatic rings. The largest absolute Gasteiger partial charge is 0.477 e. The van der Waals surface area contributed by atoms with Crippen LogP contribution < -0.4 is 5.73 Å². The monoisotopic (exact) mass is 198 g/mol. The first-order valence-electron chi connectivity index (χ1n) is 3.79. The molecular weight excluding hydrogens is 188 g/mol. The predicted octanol–water partition coefficient (Wildman–Crippen LogP) is 1.20. The van der Waals surface area contributed by atoms with Crippen LogP contribution in [0.4, 0.5) is 0 Å². The van der Waals surface area contributed by atoms with Gasteiger partial charge in [0.15, 0.2) is 0 Å². The number of nitrogens with zero attached hydrogens (tertiary/aromatic N) is 1. The van der Waals surface area contributed by atoms with Crippen LogP contribution in [-0.2, 0) is 0 Å². The van der Waals surface area contributed by atoms with Crippen molar-refractivity contribution >= 4 is 23.4 Å². The molecule has 0 fully saturated rings. The summed E-state index contributed by atoms with van der Waals surface area (Å²) < 4.78 is 0. The number of aromatic nitrogens is 1. The highest BCUT2D eigenvalue weighted by atomic mass is 32.1. The lowest BCUT2D eigenvalue weighted by atomic mass is 10.4. The number of aromatic carboxylic acids is 1. The number of nitrogens with two attached hydrogens (primary N) is 1. The minimum Gasteiger partial charge on any atom is -0.477 e. The fourth-order valence-electron chi connectivity index (χ4n) is 0.744. The molecule has 0 saturated heterocycles. The zero-order chi connectivity index (χ0) is 9.68. The molecule has 1 aromatic heterocycles. The Balaban J connectivity index is 2.64. The zero-order valence-corrected chi connectivity index (χ0v) is 7.75. The smallest absolute Gasteiger partial charge is 0.347 e. The van der Waals surface area contributed by atoms with Gasteiger partial charge in [0.1, 0.15) is 9.88 Å². The molecule has 1 heterocycles. The first-order valence-corrected chi connectivity index (χ1v) is 4.61. The second-order valence-electron chi connectivity index (χ2n) is 2.35. The van der Waals surface area contributed by atoms with Crippen molar-refractivity contribution in [3.8, 4) is 0 Å². The number of hydrogen-bond acceptors (Lipinski definition) is 4. The van der Waals surface area contributed by atoms with Crippen LogP contribution in [0.25, 0.3) is 6.08 Å². The van der Waals surface area contributed by atoms with Crippen LogP contribution in [0, 0.1) is 0 Å². The van der Waals surface area contributed by atoms with Gasteiger partial charge in [-0.15, -0.1) is 11.3 Å². The number of thiazole rings is 1. The molecule has 0 amide bonds. The SMILES string of the molecule is NCCC=Cc1ncc(C(=O)O)s1. The lowest BCUT2D eigenvalue weighted by molar-refractivity contribution is 0.0702. The van der Waals surface area contributed by atoms with Crippen LogP contribution in [0.5, 0.6) is 0 Å². The van der Waals surface area contributed by atoms with Gasteiger partial charge in [-0.05, 0) is 19.0 Å². The molecule has 5 heteroatoms. The van der Waals surface area contributed by atoms with Crippen molar-refractivity contribution in [1.29, 1.82) is 0 Å². The van der Waals surface area contributed by atoms with E-state index in [0.29, 0.717) is 11.6 Å². The molecule has 0 bridgehead atoms. The molecule has 70 valence electrons. The number of carbonyl (C=O) groups is 1. The minimum absolute atomic E-state index is 0.257. The van der Waals surface area contributed by atoms with Crippen LogP contribution in [0.15, 0.2) is 12.3 Å². The molecule has 1 rings (SSSR count). The third-order valence-electron chi connectivity index (χ3n) is 1.33. The fraction of sp³-hybridized carbons (Fsp3) is 0.250. The Morgan fingerprint density at radius 3 is 3.08 bits per heavy atom. The van der Waals surface area contributed by atoms with Gasteiger partial charge in [-0.25, -0.2) is 9.78 Å². The summed E-state index contributed by atoms with van der Waals surface area (Å²) in [5.74, 6) is -0.934. The van der Waals surface area contributed by atoms with Crippen LogP contribution >= 0.6 is 11.3 Å². The molecular formula is C8H10N2O2S. The summed E-state index contributed by atoms with van der Waals surface area (Å²) in [5.41, 5.74) is 5.28. The van der Waals surface area contributed by atoms with Crippen molar-refractivity contribution in [3.05, 3.63) is 22.2 Å². The molecule has 0 unspecified atom stereocenters. The Kier molecular flexibility index (Phi) is 3.60. The maximum absolute atomic E-state index is 10.5. The summed E-state index contributed by atoms with van der Waals surface area (Å²) >= 11 is 1.15. The summed E-state index contributed by atoms with van der Waals surface area (Å²) in [6, 6.07) is 0. The third kappa shape index (κ3) is 2.96. The second-order valence-corrected chi connectivity index (χ2v) is 3.41. The lowest BCUT2D eigenvalue weighted by Gasteiger charge is -1.83. The Bertz CT molecular complexity index is 320. The van der Waals surface area contributed by atoms with Gasteiger partial charge in [0.05, 0.1) is 6.20 Å². The van der Waals surface area contributed by atoms with Crippen molar-refractivity contribution in [2.24, 2.45) is 5.73 Å². The molecule has 3 N–H and O–H groups in total. The second kappa shape index (κ2) is 4.74. The molecule has 13 heavy (non-hydrogen) atoms. The van der Waals surface area contributed by atoms with Gasteiger partial charge >= 0.3 is 5.97 Å². The standard InChI is InChI=1S/C8H10N2O2S/c9-4-2-1-3-7-10-5-6(13-7)8(11)12/h1,3,5H,2,4,9H2,(H,11,12). The highest BCUT2D eigenvalue weighted by Crippen LogP contribution is 2.14. The van der Waals surface area contributed by atoms with Gasteiger partial charge in [0.25, 0.3) is 0 Å². The number of rotatable bonds is 4. The van der Waals surface area contributed by atoms with Crippen molar-refractivity contribution in [2.75, 3.05) is 6.54 Å². The van der Waals surface area contributed by atoms with Crippen molar-refractivity contribution in [3.63, 3.8) is 0 Å². The van der Waals surface area contributed by atoms with E-state index in [4.69, 9.17) is 10.8 Å². The van der Waals surface area contributed by atoms with E-state index in [9.17, 15) is 4.79 Å².